The molecule has 3 aromatic heterocycles. The first kappa shape index (κ1) is 16.0. The lowest BCUT2D eigenvalue weighted by Gasteiger charge is -2.08. The van der Waals surface area contributed by atoms with Gasteiger partial charge >= 0.3 is 5.76 Å². The number of hydrogen-bond acceptors (Lipinski definition) is 5. The van der Waals surface area contributed by atoms with Gasteiger partial charge in [0.1, 0.15) is 5.65 Å². The Balaban J connectivity index is 1.82. The van der Waals surface area contributed by atoms with E-state index in [0.717, 1.165) is 16.7 Å². The molecule has 3 heterocycles. The largest absolute Gasteiger partial charge is 0.442 e. The molecule has 0 aliphatic heterocycles. The Hall–Kier alpha value is -3.48. The minimum absolute atomic E-state index is 0.103. The van der Waals surface area contributed by atoms with Gasteiger partial charge in [0, 0.05) is 17.8 Å². The van der Waals surface area contributed by atoms with Crippen LogP contribution in [0.15, 0.2) is 62.8 Å². The maximum atomic E-state index is 12.4. The van der Waals surface area contributed by atoms with E-state index in [1.807, 2.05) is 44.2 Å². The second-order valence-electron chi connectivity index (χ2n) is 6.19. The molecule has 4 aromatic rings. The minimum Gasteiger partial charge on any atom is -0.295 e. The van der Waals surface area contributed by atoms with Crippen molar-refractivity contribution in [2.45, 2.75) is 20.4 Å². The van der Waals surface area contributed by atoms with Crippen molar-refractivity contribution in [3.05, 3.63) is 86.4 Å². The molecule has 0 N–H and O–H groups in total. The average Bonchev–Trinajstić information content (AvgIpc) is 2.97. The van der Waals surface area contributed by atoms with E-state index >= 15 is 0 Å². The van der Waals surface area contributed by atoms with Crippen molar-refractivity contribution < 1.29 is 4.52 Å². The first-order valence-corrected chi connectivity index (χ1v) is 8.14. The summed E-state index contributed by atoms with van der Waals surface area (Å²) in [5.41, 5.74) is 3.53. The molecule has 0 amide bonds. The molecule has 0 bridgehead atoms. The molecular weight excluding hydrogens is 332 g/mol. The average molecular weight is 348 g/mol. The van der Waals surface area contributed by atoms with Crippen LogP contribution in [0.2, 0.25) is 0 Å². The quantitative estimate of drug-likeness (QED) is 0.567. The van der Waals surface area contributed by atoms with E-state index in [4.69, 9.17) is 4.52 Å². The van der Waals surface area contributed by atoms with Gasteiger partial charge in [-0.05, 0) is 31.0 Å². The molecular formula is C19H16N4O3. The highest BCUT2D eigenvalue weighted by Crippen LogP contribution is 2.20. The van der Waals surface area contributed by atoms with Crippen LogP contribution >= 0.6 is 0 Å². The molecule has 0 unspecified atom stereocenters. The van der Waals surface area contributed by atoms with Gasteiger partial charge < -0.3 is 0 Å². The van der Waals surface area contributed by atoms with Crippen LogP contribution in [0.5, 0.6) is 0 Å². The van der Waals surface area contributed by atoms with Gasteiger partial charge in [0.15, 0.2) is 5.82 Å². The standard InChI is InChI=1S/C19H16N4O3/c1-12-7-8-16-20-14(9-17(24)22(16)10-12)11-23-18(21-26-19(23)25)15-6-4-3-5-13(15)2/h3-10H,11H2,1-2H3. The third-order valence-corrected chi connectivity index (χ3v) is 4.25. The highest BCUT2D eigenvalue weighted by atomic mass is 16.5. The normalized spacial score (nSPS) is 11.2. The number of pyridine rings is 1. The molecule has 26 heavy (non-hydrogen) atoms. The highest BCUT2D eigenvalue weighted by molar-refractivity contribution is 5.59. The van der Waals surface area contributed by atoms with E-state index in [1.165, 1.54) is 15.0 Å². The van der Waals surface area contributed by atoms with Crippen molar-refractivity contribution in [2.75, 3.05) is 0 Å². The third kappa shape index (κ3) is 2.73. The molecule has 0 saturated heterocycles. The van der Waals surface area contributed by atoms with Gasteiger partial charge in [-0.3, -0.25) is 18.3 Å². The second kappa shape index (κ2) is 6.11. The topological polar surface area (TPSA) is 82.4 Å². The molecule has 1 aromatic carbocycles. The van der Waals surface area contributed by atoms with E-state index in [-0.39, 0.29) is 12.1 Å². The highest BCUT2D eigenvalue weighted by Gasteiger charge is 2.16. The number of hydrogen-bond donors (Lipinski definition) is 0. The summed E-state index contributed by atoms with van der Waals surface area (Å²) in [5.74, 6) is -0.173. The number of rotatable bonds is 3. The van der Waals surface area contributed by atoms with Crippen molar-refractivity contribution in [1.29, 1.82) is 0 Å². The van der Waals surface area contributed by atoms with Crippen LogP contribution in [0.1, 0.15) is 16.8 Å². The third-order valence-electron chi connectivity index (χ3n) is 4.25. The number of benzene rings is 1. The second-order valence-corrected chi connectivity index (χ2v) is 6.19. The molecule has 0 aliphatic rings. The molecule has 0 saturated carbocycles. The van der Waals surface area contributed by atoms with Gasteiger partial charge in [0.2, 0.25) is 0 Å². The minimum atomic E-state index is -0.589. The summed E-state index contributed by atoms with van der Waals surface area (Å²) in [6.07, 6.45) is 1.73. The zero-order chi connectivity index (χ0) is 18.3. The Morgan fingerprint density at radius 3 is 2.69 bits per heavy atom. The van der Waals surface area contributed by atoms with E-state index in [9.17, 15) is 9.59 Å². The summed E-state index contributed by atoms with van der Waals surface area (Å²) in [7, 11) is 0. The Morgan fingerprint density at radius 2 is 1.88 bits per heavy atom. The van der Waals surface area contributed by atoms with Gasteiger partial charge in [-0.2, -0.15) is 0 Å². The van der Waals surface area contributed by atoms with Gasteiger partial charge in [-0.25, -0.2) is 9.78 Å². The van der Waals surface area contributed by atoms with Crippen LogP contribution in [0, 0.1) is 13.8 Å². The van der Waals surface area contributed by atoms with Crippen molar-refractivity contribution in [3.63, 3.8) is 0 Å². The van der Waals surface area contributed by atoms with Crippen LogP contribution in [0.25, 0.3) is 17.0 Å². The lowest BCUT2D eigenvalue weighted by molar-refractivity contribution is 0.378. The van der Waals surface area contributed by atoms with Crippen LogP contribution < -0.4 is 11.3 Å². The van der Waals surface area contributed by atoms with Crippen molar-refractivity contribution in [3.8, 4) is 11.4 Å². The maximum Gasteiger partial charge on any atom is 0.442 e. The first-order chi connectivity index (χ1) is 12.5. The predicted molar refractivity (Wildman–Crippen MR) is 96.2 cm³/mol. The summed E-state index contributed by atoms with van der Waals surface area (Å²) in [5, 5.41) is 3.90. The molecule has 0 spiro atoms. The Labute approximate surface area is 148 Å². The zero-order valence-electron chi connectivity index (χ0n) is 14.3. The van der Waals surface area contributed by atoms with E-state index in [2.05, 4.69) is 10.1 Å². The van der Waals surface area contributed by atoms with E-state index < -0.39 is 5.76 Å². The summed E-state index contributed by atoms with van der Waals surface area (Å²) >= 11 is 0. The predicted octanol–water partition coefficient (Wildman–Crippen LogP) is 2.18. The summed E-state index contributed by atoms with van der Waals surface area (Å²) < 4.78 is 7.72. The molecule has 0 atom stereocenters. The number of fused-ring (bicyclic) bond motifs is 1. The fraction of sp³-hybridized carbons (Fsp3) is 0.158. The van der Waals surface area contributed by atoms with E-state index in [0.29, 0.717) is 17.2 Å². The molecule has 0 radical (unpaired) electrons. The summed E-state index contributed by atoms with van der Waals surface area (Å²) in [6.45, 7) is 3.94. The van der Waals surface area contributed by atoms with Gasteiger partial charge in [0.25, 0.3) is 5.56 Å². The molecule has 7 nitrogen and oxygen atoms in total. The smallest absolute Gasteiger partial charge is 0.295 e. The summed E-state index contributed by atoms with van der Waals surface area (Å²) in [4.78, 5) is 29.0. The molecule has 0 fully saturated rings. The maximum absolute atomic E-state index is 12.4. The van der Waals surface area contributed by atoms with Crippen molar-refractivity contribution >= 4 is 5.65 Å². The number of nitrogens with zero attached hydrogens (tertiary/aromatic N) is 4. The fourth-order valence-corrected chi connectivity index (χ4v) is 2.93. The zero-order valence-corrected chi connectivity index (χ0v) is 14.3. The van der Waals surface area contributed by atoms with Crippen LogP contribution in [-0.4, -0.2) is 19.1 Å². The van der Waals surface area contributed by atoms with Crippen LogP contribution in [-0.2, 0) is 6.54 Å². The lowest BCUT2D eigenvalue weighted by atomic mass is 10.1. The molecule has 0 aliphatic carbocycles. The van der Waals surface area contributed by atoms with Crippen molar-refractivity contribution in [1.82, 2.24) is 19.1 Å². The first-order valence-electron chi connectivity index (χ1n) is 8.14. The fourth-order valence-electron chi connectivity index (χ4n) is 2.93. The Morgan fingerprint density at radius 1 is 1.08 bits per heavy atom. The van der Waals surface area contributed by atoms with Crippen LogP contribution in [0.4, 0.5) is 0 Å². The van der Waals surface area contributed by atoms with Crippen LogP contribution in [0.3, 0.4) is 0 Å². The van der Waals surface area contributed by atoms with Gasteiger partial charge in [0.05, 0.1) is 12.2 Å². The molecule has 7 heteroatoms. The number of aromatic nitrogens is 4. The molecule has 4 rings (SSSR count). The summed E-state index contributed by atoms with van der Waals surface area (Å²) in [6, 6.07) is 12.7. The lowest BCUT2D eigenvalue weighted by Crippen LogP contribution is -2.21. The van der Waals surface area contributed by atoms with Gasteiger partial charge in [-0.1, -0.05) is 35.5 Å². The SMILES string of the molecule is Cc1ccc2nc(Cn3c(-c4ccccc4C)noc3=O)cc(=O)n2c1. The monoisotopic (exact) mass is 348 g/mol. The Bertz CT molecular complexity index is 1230. The molecule has 130 valence electrons. The van der Waals surface area contributed by atoms with E-state index in [1.54, 1.807) is 12.3 Å². The Kier molecular flexibility index (Phi) is 3.76. The van der Waals surface area contributed by atoms with Gasteiger partial charge in [-0.15, -0.1) is 0 Å². The van der Waals surface area contributed by atoms with Crippen molar-refractivity contribution in [2.24, 2.45) is 0 Å². The number of aryl methyl sites for hydroxylation is 2.